The summed E-state index contributed by atoms with van der Waals surface area (Å²) in [6.45, 7) is 4.19. The number of halogens is 2. The fourth-order valence-corrected chi connectivity index (χ4v) is 6.48. The first-order valence-corrected chi connectivity index (χ1v) is 15.2. The molecule has 2 aromatic carbocycles. The van der Waals surface area contributed by atoms with Crippen LogP contribution < -0.4 is 14.4 Å². The molecule has 3 fully saturated rings. The first-order valence-electron chi connectivity index (χ1n) is 15.2. The van der Waals surface area contributed by atoms with Crippen LogP contribution in [0.2, 0.25) is 0 Å². The van der Waals surface area contributed by atoms with Crippen molar-refractivity contribution >= 4 is 27.5 Å². The van der Waals surface area contributed by atoms with Crippen molar-refractivity contribution in [2.45, 2.75) is 51.0 Å². The second-order valence-electron chi connectivity index (χ2n) is 12.3. The Morgan fingerprint density at radius 2 is 1.93 bits per heavy atom. The zero-order valence-corrected chi connectivity index (χ0v) is 25.0. The third-order valence-electron chi connectivity index (χ3n) is 9.34. The van der Waals surface area contributed by atoms with Gasteiger partial charge in [0.25, 0.3) is 0 Å². The summed E-state index contributed by atoms with van der Waals surface area (Å²) in [6, 6.07) is 6.55. The maximum atomic E-state index is 16.9. The maximum Gasteiger partial charge on any atom is 0.319 e. The van der Waals surface area contributed by atoms with Gasteiger partial charge in [-0.3, -0.25) is 4.98 Å². The minimum atomic E-state index is -0.664. The summed E-state index contributed by atoms with van der Waals surface area (Å²) in [4.78, 5) is 16.0. The number of fused-ring (bicyclic) bond motifs is 2. The van der Waals surface area contributed by atoms with Crippen LogP contribution in [0.1, 0.15) is 44.6 Å². The van der Waals surface area contributed by atoms with Crippen molar-refractivity contribution in [2.24, 2.45) is 5.41 Å². The van der Waals surface area contributed by atoms with Gasteiger partial charge in [-0.05, 0) is 66.6 Å². The van der Waals surface area contributed by atoms with Crippen molar-refractivity contribution in [2.75, 3.05) is 51.7 Å². The molecular formula is C33H36F2N4O5. The Hall–Kier alpha value is -3.67. The van der Waals surface area contributed by atoms with Crippen LogP contribution in [0.3, 0.4) is 0 Å². The molecule has 0 amide bonds. The Kier molecular flexibility index (Phi) is 7.50. The minimum absolute atomic E-state index is 0.00589. The molecule has 1 N–H and O–H groups in total. The molecular weight excluding hydrogens is 570 g/mol. The lowest BCUT2D eigenvalue weighted by Gasteiger charge is -2.48. The van der Waals surface area contributed by atoms with Crippen LogP contribution in [-0.2, 0) is 15.9 Å². The average molecular weight is 607 g/mol. The first-order chi connectivity index (χ1) is 21.4. The van der Waals surface area contributed by atoms with Gasteiger partial charge in [0.15, 0.2) is 12.6 Å². The molecule has 1 unspecified atom stereocenters. The molecule has 4 heterocycles. The second-order valence-corrected chi connectivity index (χ2v) is 12.3. The van der Waals surface area contributed by atoms with E-state index in [-0.39, 0.29) is 54.1 Å². The fraction of sp³-hybridized carbons (Fsp3) is 0.485. The van der Waals surface area contributed by atoms with Gasteiger partial charge < -0.3 is 29.0 Å². The number of hydrogen-bond donors (Lipinski definition) is 1. The monoisotopic (exact) mass is 606 g/mol. The summed E-state index contributed by atoms with van der Waals surface area (Å²) in [5.41, 5.74) is 0.403. The van der Waals surface area contributed by atoms with Gasteiger partial charge in [-0.15, -0.1) is 0 Å². The van der Waals surface area contributed by atoms with Crippen molar-refractivity contribution in [1.82, 2.24) is 15.0 Å². The van der Waals surface area contributed by atoms with Crippen LogP contribution in [0.15, 0.2) is 30.5 Å². The lowest BCUT2D eigenvalue weighted by Crippen LogP contribution is -2.56. The van der Waals surface area contributed by atoms with E-state index in [2.05, 4.69) is 14.9 Å². The Labute approximate surface area is 254 Å². The molecule has 1 spiro atoms. The van der Waals surface area contributed by atoms with E-state index < -0.39 is 5.82 Å². The Morgan fingerprint density at radius 3 is 2.64 bits per heavy atom. The molecule has 2 saturated heterocycles. The number of aryl methyl sites for hydroxylation is 1. The standard InChI is InChI=1S/C33H36F2N4O5/c1-3-22-25(34)6-5-20-13-21(43-19-41-2)14-23(26(20)22)28-27(35)29-24(15-36-28)30(39-11-4-7-33(16-39)10-12-44-33)38-31(37-29)42-18-32(17-40)8-9-32/h5-6,13-15,40H,3-4,7-12,16-19H2,1-2H3. The molecule has 1 atom stereocenters. The summed E-state index contributed by atoms with van der Waals surface area (Å²) in [5.74, 6) is -0.0610. The SMILES string of the molecule is CCc1c(F)ccc2cc(OCOC)cc(-c3ncc4c(N5CCCC6(CCO6)C5)nc(OCC5(CO)CC5)nc4c3F)c12. The predicted molar refractivity (Wildman–Crippen MR) is 161 cm³/mol. The Morgan fingerprint density at radius 1 is 1.09 bits per heavy atom. The zero-order chi connectivity index (χ0) is 30.5. The van der Waals surface area contributed by atoms with Crippen molar-refractivity contribution in [3.8, 4) is 23.0 Å². The zero-order valence-electron chi connectivity index (χ0n) is 25.0. The predicted octanol–water partition coefficient (Wildman–Crippen LogP) is 5.58. The summed E-state index contributed by atoms with van der Waals surface area (Å²) in [7, 11) is 1.51. The highest BCUT2D eigenvalue weighted by Crippen LogP contribution is 2.46. The number of nitrogens with zero attached hydrogens (tertiary/aromatic N) is 4. The number of rotatable bonds is 10. The topological polar surface area (TPSA) is 99.1 Å². The van der Waals surface area contributed by atoms with E-state index in [1.54, 1.807) is 24.4 Å². The van der Waals surface area contributed by atoms with E-state index >= 15 is 8.78 Å². The molecule has 232 valence electrons. The number of hydrogen-bond acceptors (Lipinski definition) is 9. The maximum absolute atomic E-state index is 16.9. The number of pyridine rings is 1. The quantitative estimate of drug-likeness (QED) is 0.232. The van der Waals surface area contributed by atoms with Crippen LogP contribution >= 0.6 is 0 Å². The van der Waals surface area contributed by atoms with E-state index in [0.717, 1.165) is 45.3 Å². The van der Waals surface area contributed by atoms with E-state index in [1.165, 1.54) is 13.2 Å². The van der Waals surface area contributed by atoms with Crippen molar-refractivity contribution < 1.29 is 32.8 Å². The van der Waals surface area contributed by atoms with E-state index in [1.807, 2.05) is 6.92 Å². The summed E-state index contributed by atoms with van der Waals surface area (Å²) in [6.07, 6.45) is 6.54. The fourth-order valence-electron chi connectivity index (χ4n) is 6.48. The lowest BCUT2D eigenvalue weighted by molar-refractivity contribution is -0.151. The highest BCUT2D eigenvalue weighted by Gasteiger charge is 2.44. The Bertz CT molecular complexity index is 1730. The highest BCUT2D eigenvalue weighted by molar-refractivity contribution is 6.01. The Balaban J connectivity index is 1.40. The van der Waals surface area contributed by atoms with Gasteiger partial charge in [0, 0.05) is 43.8 Å². The molecule has 7 rings (SSSR count). The van der Waals surface area contributed by atoms with Crippen LogP contribution in [0, 0.1) is 17.0 Å². The summed E-state index contributed by atoms with van der Waals surface area (Å²) < 4.78 is 54.8. The molecule has 4 aromatic rings. The van der Waals surface area contributed by atoms with Crippen LogP contribution in [0.4, 0.5) is 14.6 Å². The van der Waals surface area contributed by atoms with Gasteiger partial charge in [0.05, 0.1) is 30.8 Å². The minimum Gasteiger partial charge on any atom is -0.468 e. The van der Waals surface area contributed by atoms with Gasteiger partial charge in [-0.1, -0.05) is 13.0 Å². The number of piperidine rings is 1. The normalized spacial score (nSPS) is 20.7. The van der Waals surface area contributed by atoms with Crippen molar-refractivity contribution in [1.29, 1.82) is 0 Å². The van der Waals surface area contributed by atoms with Gasteiger partial charge in [0.2, 0.25) is 0 Å². The molecule has 1 saturated carbocycles. The van der Waals surface area contributed by atoms with Gasteiger partial charge >= 0.3 is 6.01 Å². The van der Waals surface area contributed by atoms with Crippen molar-refractivity contribution in [3.63, 3.8) is 0 Å². The number of anilines is 1. The molecule has 2 aromatic heterocycles. The third-order valence-corrected chi connectivity index (χ3v) is 9.34. The number of methoxy groups -OCH3 is 1. The largest absolute Gasteiger partial charge is 0.468 e. The number of aliphatic hydroxyl groups is 1. The average Bonchev–Trinajstić information content (AvgIpc) is 3.82. The number of aromatic nitrogens is 3. The van der Waals surface area contributed by atoms with E-state index in [0.29, 0.717) is 51.8 Å². The molecule has 0 bridgehead atoms. The third kappa shape index (κ3) is 5.10. The number of ether oxygens (including phenoxy) is 4. The lowest BCUT2D eigenvalue weighted by atomic mass is 9.86. The molecule has 2 aliphatic heterocycles. The van der Waals surface area contributed by atoms with Crippen LogP contribution in [0.25, 0.3) is 32.9 Å². The van der Waals surface area contributed by atoms with Crippen LogP contribution in [-0.4, -0.2) is 72.5 Å². The molecule has 0 radical (unpaired) electrons. The van der Waals surface area contributed by atoms with Gasteiger partial charge in [-0.2, -0.15) is 9.97 Å². The highest BCUT2D eigenvalue weighted by atomic mass is 19.1. The van der Waals surface area contributed by atoms with Crippen molar-refractivity contribution in [3.05, 3.63) is 47.7 Å². The van der Waals surface area contributed by atoms with E-state index in [4.69, 9.17) is 23.9 Å². The molecule has 11 heteroatoms. The number of aliphatic hydroxyl groups excluding tert-OH is 1. The number of benzene rings is 2. The van der Waals surface area contributed by atoms with Crippen LogP contribution in [0.5, 0.6) is 11.8 Å². The molecule has 9 nitrogen and oxygen atoms in total. The molecule has 1 aliphatic carbocycles. The van der Waals surface area contributed by atoms with E-state index in [9.17, 15) is 5.11 Å². The smallest absolute Gasteiger partial charge is 0.319 e. The first kappa shape index (κ1) is 29.1. The summed E-state index contributed by atoms with van der Waals surface area (Å²) in [5, 5.41) is 11.5. The molecule has 3 aliphatic rings. The van der Waals surface area contributed by atoms with Gasteiger partial charge in [0.1, 0.15) is 28.6 Å². The van der Waals surface area contributed by atoms with Gasteiger partial charge in [-0.25, -0.2) is 8.78 Å². The second kappa shape index (κ2) is 11.4. The molecule has 44 heavy (non-hydrogen) atoms. The summed E-state index contributed by atoms with van der Waals surface area (Å²) >= 11 is 0.